The smallest absolute Gasteiger partial charge is 0.396 e. The number of carbonyl (C=O) groups is 1. The molecule has 0 aliphatic carbocycles. The highest BCUT2D eigenvalue weighted by molar-refractivity contribution is 5.91. The first-order chi connectivity index (χ1) is 15.7. The van der Waals surface area contributed by atoms with Gasteiger partial charge in [0.1, 0.15) is 5.82 Å². The number of rotatable bonds is 4. The van der Waals surface area contributed by atoms with Crippen molar-refractivity contribution >= 4 is 17.4 Å². The maximum atomic E-state index is 13.7. The molecule has 1 aromatic carbocycles. The highest BCUT2D eigenvalue weighted by atomic mass is 19.4. The molecule has 0 radical (unpaired) electrons. The molecule has 2 aliphatic rings. The van der Waals surface area contributed by atoms with E-state index in [9.17, 15) is 22.4 Å². The van der Waals surface area contributed by atoms with E-state index in [0.717, 1.165) is 23.8 Å². The van der Waals surface area contributed by atoms with Crippen molar-refractivity contribution in [3.8, 4) is 0 Å². The van der Waals surface area contributed by atoms with E-state index in [4.69, 9.17) is 5.11 Å². The number of fused-ring (bicyclic) bond motifs is 2. The number of aliphatic hydroxyl groups is 1. The lowest BCUT2D eigenvalue weighted by atomic mass is 10.0. The number of benzene rings is 1. The number of nitrogens with zero attached hydrogens (tertiary/aromatic N) is 6. The molecule has 33 heavy (non-hydrogen) atoms. The normalized spacial score (nSPS) is 20.6. The predicted octanol–water partition coefficient (Wildman–Crippen LogP) is 2.03. The Morgan fingerprint density at radius 3 is 2.55 bits per heavy atom. The zero-order valence-electron chi connectivity index (χ0n) is 17.3. The van der Waals surface area contributed by atoms with Crippen LogP contribution in [0, 0.1) is 17.7 Å². The Hall–Kier alpha value is -3.28. The molecule has 1 N–H and O–H groups in total. The minimum Gasteiger partial charge on any atom is -0.396 e. The first-order valence-electron chi connectivity index (χ1n) is 10.5. The minimum atomic E-state index is -4.58. The number of aromatic nitrogens is 4. The van der Waals surface area contributed by atoms with Crippen molar-refractivity contribution in [3.05, 3.63) is 53.4 Å². The Morgan fingerprint density at radius 2 is 1.88 bits per heavy atom. The van der Waals surface area contributed by atoms with Crippen molar-refractivity contribution < 1.29 is 27.5 Å². The largest absolute Gasteiger partial charge is 0.418 e. The second-order valence-corrected chi connectivity index (χ2v) is 8.41. The first kappa shape index (κ1) is 21.6. The molecular weight excluding hydrogens is 444 g/mol. The molecule has 4 heterocycles. The SMILES string of the molecule is O=C(c1nc2ncc(CCO)cn2n1)N1CC2CN(c3cc(F)ccc3C(F)(F)F)C[C@H]2C1. The van der Waals surface area contributed by atoms with Gasteiger partial charge in [0, 0.05) is 57.0 Å². The number of amides is 1. The summed E-state index contributed by atoms with van der Waals surface area (Å²) in [4.78, 5) is 24.4. The Kier molecular flexibility index (Phi) is 5.19. The number of hydrogen-bond donors (Lipinski definition) is 1. The molecule has 0 spiro atoms. The fourth-order valence-corrected chi connectivity index (χ4v) is 4.67. The fourth-order valence-electron chi connectivity index (χ4n) is 4.67. The lowest BCUT2D eigenvalue weighted by molar-refractivity contribution is -0.137. The van der Waals surface area contributed by atoms with Crippen LogP contribution >= 0.6 is 0 Å². The quantitative estimate of drug-likeness (QED) is 0.595. The molecule has 2 fully saturated rings. The Morgan fingerprint density at radius 1 is 1.15 bits per heavy atom. The molecule has 12 heteroatoms. The Labute approximate surface area is 185 Å². The third kappa shape index (κ3) is 3.99. The van der Waals surface area contributed by atoms with Gasteiger partial charge in [-0.1, -0.05) is 0 Å². The standard InChI is InChI=1S/C21H20F4N6O2/c22-15-1-2-16(21(23,24)25)17(5-15)29-8-13-10-30(11-14(13)9-29)19(33)18-27-20-26-6-12(3-4-32)7-31(20)28-18/h1-2,5-7,13-14,32H,3-4,8-11H2/t13-,14?/m0/s1. The van der Waals surface area contributed by atoms with E-state index in [1.165, 1.54) is 4.52 Å². The van der Waals surface area contributed by atoms with E-state index in [2.05, 4.69) is 15.1 Å². The summed E-state index contributed by atoms with van der Waals surface area (Å²) in [5.74, 6) is -0.914. The summed E-state index contributed by atoms with van der Waals surface area (Å²) in [5, 5.41) is 13.3. The number of halogens is 4. The maximum absolute atomic E-state index is 13.7. The highest BCUT2D eigenvalue weighted by Gasteiger charge is 2.44. The zero-order chi connectivity index (χ0) is 23.3. The summed E-state index contributed by atoms with van der Waals surface area (Å²) in [5.41, 5.74) is -0.277. The van der Waals surface area contributed by atoms with Crippen LogP contribution in [-0.2, 0) is 12.6 Å². The first-order valence-corrected chi connectivity index (χ1v) is 10.5. The van der Waals surface area contributed by atoms with Crippen molar-refractivity contribution in [1.82, 2.24) is 24.5 Å². The van der Waals surface area contributed by atoms with Crippen LogP contribution in [0.1, 0.15) is 21.7 Å². The van der Waals surface area contributed by atoms with Gasteiger partial charge in [-0.05, 0) is 30.2 Å². The second kappa shape index (κ2) is 7.94. The van der Waals surface area contributed by atoms with Crippen LogP contribution in [0.15, 0.2) is 30.6 Å². The van der Waals surface area contributed by atoms with Gasteiger partial charge in [0.25, 0.3) is 11.7 Å². The number of hydrogen-bond acceptors (Lipinski definition) is 6. The lowest BCUT2D eigenvalue weighted by Gasteiger charge is -2.25. The van der Waals surface area contributed by atoms with Crippen molar-refractivity contribution in [3.63, 3.8) is 0 Å². The zero-order valence-corrected chi connectivity index (χ0v) is 17.3. The van der Waals surface area contributed by atoms with Crippen LogP contribution in [0.3, 0.4) is 0 Å². The molecule has 2 aliphatic heterocycles. The van der Waals surface area contributed by atoms with Gasteiger partial charge < -0.3 is 14.9 Å². The molecule has 2 aromatic heterocycles. The Bertz CT molecular complexity index is 1200. The van der Waals surface area contributed by atoms with Crippen LogP contribution in [-0.4, -0.2) is 68.3 Å². The number of alkyl halides is 3. The summed E-state index contributed by atoms with van der Waals surface area (Å²) in [6.45, 7) is 1.27. The average molecular weight is 464 g/mol. The highest BCUT2D eigenvalue weighted by Crippen LogP contribution is 2.41. The predicted molar refractivity (Wildman–Crippen MR) is 108 cm³/mol. The molecule has 174 valence electrons. The van der Waals surface area contributed by atoms with Gasteiger partial charge in [-0.15, -0.1) is 5.10 Å². The lowest BCUT2D eigenvalue weighted by Crippen LogP contribution is -2.34. The van der Waals surface area contributed by atoms with Crippen LogP contribution in [0.5, 0.6) is 0 Å². The van der Waals surface area contributed by atoms with E-state index < -0.39 is 17.6 Å². The van der Waals surface area contributed by atoms with Gasteiger partial charge in [-0.25, -0.2) is 13.9 Å². The summed E-state index contributed by atoms with van der Waals surface area (Å²) in [6, 6.07) is 2.50. The summed E-state index contributed by atoms with van der Waals surface area (Å²) in [7, 11) is 0. The topological polar surface area (TPSA) is 86.9 Å². The van der Waals surface area contributed by atoms with Crippen LogP contribution in [0.4, 0.5) is 23.2 Å². The molecule has 2 atom stereocenters. The molecule has 0 bridgehead atoms. The van der Waals surface area contributed by atoms with E-state index >= 15 is 0 Å². The summed E-state index contributed by atoms with van der Waals surface area (Å²) in [6.07, 6.45) is -0.969. The number of aliphatic hydroxyl groups excluding tert-OH is 1. The van der Waals surface area contributed by atoms with Gasteiger partial charge in [-0.3, -0.25) is 4.79 Å². The van der Waals surface area contributed by atoms with Gasteiger partial charge in [0.2, 0.25) is 5.82 Å². The number of likely N-dealkylation sites (tertiary alicyclic amines) is 1. The number of anilines is 1. The molecule has 1 unspecified atom stereocenters. The average Bonchev–Trinajstić information content (AvgIpc) is 3.45. The minimum absolute atomic E-state index is 0.00929. The summed E-state index contributed by atoms with van der Waals surface area (Å²) < 4.78 is 55.3. The molecule has 2 saturated heterocycles. The van der Waals surface area contributed by atoms with Crippen molar-refractivity contribution in [2.24, 2.45) is 11.8 Å². The van der Waals surface area contributed by atoms with E-state index in [1.54, 1.807) is 22.2 Å². The van der Waals surface area contributed by atoms with Crippen LogP contribution < -0.4 is 4.90 Å². The Balaban J connectivity index is 1.30. The van der Waals surface area contributed by atoms with Crippen molar-refractivity contribution in [2.75, 3.05) is 37.7 Å². The van der Waals surface area contributed by atoms with Gasteiger partial charge >= 0.3 is 6.18 Å². The maximum Gasteiger partial charge on any atom is 0.418 e. The van der Waals surface area contributed by atoms with Crippen LogP contribution in [0.25, 0.3) is 5.78 Å². The van der Waals surface area contributed by atoms with Crippen molar-refractivity contribution in [1.29, 1.82) is 0 Å². The third-order valence-electron chi connectivity index (χ3n) is 6.22. The molecule has 0 saturated carbocycles. The van der Waals surface area contributed by atoms with Gasteiger partial charge in [0.05, 0.1) is 11.3 Å². The van der Waals surface area contributed by atoms with E-state index in [-0.39, 0.29) is 41.6 Å². The molecular formula is C21H20F4N6O2. The monoisotopic (exact) mass is 464 g/mol. The van der Waals surface area contributed by atoms with Crippen LogP contribution in [0.2, 0.25) is 0 Å². The third-order valence-corrected chi connectivity index (χ3v) is 6.22. The second-order valence-electron chi connectivity index (χ2n) is 8.41. The number of carbonyl (C=O) groups excluding carboxylic acids is 1. The van der Waals surface area contributed by atoms with E-state index in [1.807, 2.05) is 0 Å². The van der Waals surface area contributed by atoms with Gasteiger partial charge in [0.15, 0.2) is 0 Å². The molecule has 3 aromatic rings. The summed E-state index contributed by atoms with van der Waals surface area (Å²) >= 11 is 0. The molecule has 1 amide bonds. The van der Waals surface area contributed by atoms with Gasteiger partial charge in [-0.2, -0.15) is 18.2 Å². The fraction of sp³-hybridized carbons (Fsp3) is 0.429. The van der Waals surface area contributed by atoms with E-state index in [0.29, 0.717) is 32.6 Å². The van der Waals surface area contributed by atoms with Crippen molar-refractivity contribution in [2.45, 2.75) is 12.6 Å². The molecule has 5 rings (SSSR count). The molecule has 8 nitrogen and oxygen atoms in total.